The van der Waals surface area contributed by atoms with Gasteiger partial charge in [-0.15, -0.1) is 0 Å². The first-order valence-corrected chi connectivity index (χ1v) is 9.94. The summed E-state index contributed by atoms with van der Waals surface area (Å²) in [4.78, 5) is 28.2. The highest BCUT2D eigenvalue weighted by Crippen LogP contribution is 2.14. The van der Waals surface area contributed by atoms with Crippen molar-refractivity contribution in [1.82, 2.24) is 26.3 Å². The van der Waals surface area contributed by atoms with E-state index in [0.29, 0.717) is 42.6 Å². The summed E-state index contributed by atoms with van der Waals surface area (Å²) in [6.07, 6.45) is 1.16. The maximum atomic E-state index is 12.1. The molecule has 0 saturated heterocycles. The van der Waals surface area contributed by atoms with Crippen molar-refractivity contribution in [2.24, 2.45) is 0 Å². The zero-order valence-corrected chi connectivity index (χ0v) is 17.4. The van der Waals surface area contributed by atoms with Crippen LogP contribution in [0.25, 0.3) is 0 Å². The molecule has 0 aliphatic heterocycles. The molecule has 0 spiro atoms. The summed E-state index contributed by atoms with van der Waals surface area (Å²) < 4.78 is 16.1. The van der Waals surface area contributed by atoms with Crippen molar-refractivity contribution in [2.75, 3.05) is 6.54 Å². The van der Waals surface area contributed by atoms with Crippen LogP contribution in [0.15, 0.2) is 51.4 Å². The van der Waals surface area contributed by atoms with Gasteiger partial charge in [0.25, 0.3) is 0 Å². The molecule has 3 N–H and O–H groups in total. The Labute approximate surface area is 179 Å². The second-order valence-corrected chi connectivity index (χ2v) is 7.01. The number of aromatic nitrogens is 2. The van der Waals surface area contributed by atoms with E-state index in [9.17, 15) is 9.59 Å². The van der Waals surface area contributed by atoms with E-state index in [0.717, 1.165) is 0 Å². The molecule has 0 bridgehead atoms. The molecule has 10 heteroatoms. The molecule has 164 valence electrons. The van der Waals surface area contributed by atoms with Gasteiger partial charge < -0.3 is 19.0 Å². The van der Waals surface area contributed by atoms with Gasteiger partial charge in [-0.1, -0.05) is 37.2 Å². The first-order valence-electron chi connectivity index (χ1n) is 9.94. The Kier molecular flexibility index (Phi) is 7.63. The largest absolute Gasteiger partial charge is 0.486 e. The summed E-state index contributed by atoms with van der Waals surface area (Å²) >= 11 is 0. The number of hydrogen-bond acceptors (Lipinski definition) is 7. The van der Waals surface area contributed by atoms with Gasteiger partial charge in [-0.05, 0) is 30.7 Å². The smallest absolute Gasteiger partial charge is 0.333 e. The zero-order valence-electron chi connectivity index (χ0n) is 17.4. The third kappa shape index (κ3) is 6.88. The van der Waals surface area contributed by atoms with Crippen LogP contribution in [-0.4, -0.2) is 28.6 Å². The molecule has 31 heavy (non-hydrogen) atoms. The minimum absolute atomic E-state index is 0.0595. The quantitative estimate of drug-likeness (QED) is 0.353. The van der Waals surface area contributed by atoms with Gasteiger partial charge in [-0.3, -0.25) is 10.2 Å². The highest BCUT2D eigenvalue weighted by molar-refractivity contribution is 5.92. The van der Waals surface area contributed by atoms with Crippen molar-refractivity contribution in [1.29, 1.82) is 0 Å². The highest BCUT2D eigenvalue weighted by Gasteiger charge is 2.13. The molecule has 0 saturated carbocycles. The molecule has 1 aromatic carbocycles. The summed E-state index contributed by atoms with van der Waals surface area (Å²) in [6, 6.07) is 11.9. The average molecular weight is 427 g/mol. The molecule has 3 aromatic rings. The van der Waals surface area contributed by atoms with Crippen molar-refractivity contribution in [3.05, 3.63) is 65.7 Å². The van der Waals surface area contributed by atoms with E-state index >= 15 is 0 Å². The van der Waals surface area contributed by atoms with Crippen LogP contribution in [0.2, 0.25) is 0 Å². The van der Waals surface area contributed by atoms with Crippen LogP contribution in [-0.2, 0) is 13.0 Å². The fourth-order valence-corrected chi connectivity index (χ4v) is 2.51. The van der Waals surface area contributed by atoms with Crippen LogP contribution in [0.4, 0.5) is 4.79 Å². The molecule has 2 aromatic heterocycles. The van der Waals surface area contributed by atoms with Crippen molar-refractivity contribution in [2.45, 2.75) is 39.2 Å². The predicted molar refractivity (Wildman–Crippen MR) is 110 cm³/mol. The Morgan fingerprint density at radius 3 is 2.65 bits per heavy atom. The number of nitrogens with zero attached hydrogens (tertiary/aromatic N) is 2. The third-order valence-electron chi connectivity index (χ3n) is 4.15. The van der Waals surface area contributed by atoms with Crippen molar-refractivity contribution in [3.8, 4) is 5.75 Å². The third-order valence-corrected chi connectivity index (χ3v) is 4.15. The van der Waals surface area contributed by atoms with E-state index in [4.69, 9.17) is 13.7 Å². The lowest BCUT2D eigenvalue weighted by Crippen LogP contribution is -2.47. The molecule has 10 nitrogen and oxygen atoms in total. The molecule has 0 atom stereocenters. The SMILES string of the molecule is CC(C)c1noc(CCCNC(=O)NNC(=O)c2ccc(COc3ccccc3)o2)n1. The molecule has 3 rings (SSSR count). The van der Waals surface area contributed by atoms with Crippen molar-refractivity contribution < 1.29 is 23.3 Å². The zero-order chi connectivity index (χ0) is 22.1. The fourth-order valence-electron chi connectivity index (χ4n) is 2.51. The average Bonchev–Trinajstić information content (AvgIpc) is 3.44. The molecule has 0 aliphatic carbocycles. The normalized spacial score (nSPS) is 10.7. The maximum absolute atomic E-state index is 12.1. The van der Waals surface area contributed by atoms with Gasteiger partial charge >= 0.3 is 11.9 Å². The summed E-state index contributed by atoms with van der Waals surface area (Å²) in [6.45, 7) is 4.53. The lowest BCUT2D eigenvalue weighted by molar-refractivity contribution is 0.0904. The molecule has 0 aliphatic rings. The fraction of sp³-hybridized carbons (Fsp3) is 0.333. The lowest BCUT2D eigenvalue weighted by Gasteiger charge is -2.07. The number of rotatable bonds is 9. The number of hydrazine groups is 1. The number of carbonyl (C=O) groups is 2. The van der Waals surface area contributed by atoms with E-state index in [1.807, 2.05) is 44.2 Å². The summed E-state index contributed by atoms with van der Waals surface area (Å²) in [5.41, 5.74) is 4.56. The van der Waals surface area contributed by atoms with E-state index in [2.05, 4.69) is 26.3 Å². The van der Waals surface area contributed by atoms with Gasteiger partial charge in [0.05, 0.1) is 0 Å². The van der Waals surface area contributed by atoms with Crippen LogP contribution in [0, 0.1) is 0 Å². The van der Waals surface area contributed by atoms with E-state index in [1.54, 1.807) is 6.07 Å². The Bertz CT molecular complexity index is 983. The number of aryl methyl sites for hydroxylation is 1. The summed E-state index contributed by atoms with van der Waals surface area (Å²) in [5.74, 6) is 2.06. The van der Waals surface area contributed by atoms with Gasteiger partial charge in [0.15, 0.2) is 11.6 Å². The van der Waals surface area contributed by atoms with Crippen LogP contribution in [0.3, 0.4) is 0 Å². The monoisotopic (exact) mass is 427 g/mol. The number of nitrogens with one attached hydrogen (secondary N) is 3. The molecule has 2 heterocycles. The minimum atomic E-state index is -0.576. The topological polar surface area (TPSA) is 132 Å². The molecule has 0 fully saturated rings. The van der Waals surface area contributed by atoms with Crippen molar-refractivity contribution >= 4 is 11.9 Å². The van der Waals surface area contributed by atoms with E-state index < -0.39 is 11.9 Å². The lowest BCUT2D eigenvalue weighted by atomic mass is 10.2. The van der Waals surface area contributed by atoms with Gasteiger partial charge in [-0.2, -0.15) is 4.98 Å². The number of hydrogen-bond donors (Lipinski definition) is 3. The second kappa shape index (κ2) is 10.8. The number of benzene rings is 1. The molecular formula is C21H25N5O5. The summed E-state index contributed by atoms with van der Waals surface area (Å²) in [5, 5.41) is 6.51. The van der Waals surface area contributed by atoms with Crippen LogP contribution >= 0.6 is 0 Å². The Hall–Kier alpha value is -3.82. The molecule has 3 amide bonds. The van der Waals surface area contributed by atoms with Crippen LogP contribution in [0.5, 0.6) is 5.75 Å². The number of amides is 3. The summed E-state index contributed by atoms with van der Waals surface area (Å²) in [7, 11) is 0. The second-order valence-electron chi connectivity index (χ2n) is 7.01. The Balaban J connectivity index is 1.32. The predicted octanol–water partition coefficient (Wildman–Crippen LogP) is 2.94. The first kappa shape index (κ1) is 21.9. The molecule has 0 radical (unpaired) electrons. The number of ether oxygens (including phenoxy) is 1. The van der Waals surface area contributed by atoms with E-state index in [1.165, 1.54) is 6.07 Å². The van der Waals surface area contributed by atoms with Gasteiger partial charge in [-0.25, -0.2) is 10.2 Å². The Morgan fingerprint density at radius 1 is 1.10 bits per heavy atom. The van der Waals surface area contributed by atoms with Gasteiger partial charge in [0.1, 0.15) is 18.1 Å². The van der Waals surface area contributed by atoms with E-state index in [-0.39, 0.29) is 18.3 Å². The maximum Gasteiger partial charge on any atom is 0.333 e. The first-order chi connectivity index (χ1) is 15.0. The highest BCUT2D eigenvalue weighted by atomic mass is 16.5. The van der Waals surface area contributed by atoms with Crippen LogP contribution in [0.1, 0.15) is 54.2 Å². The Morgan fingerprint density at radius 2 is 1.90 bits per heavy atom. The van der Waals surface area contributed by atoms with Gasteiger partial charge in [0.2, 0.25) is 5.89 Å². The molecular weight excluding hydrogens is 402 g/mol. The number of para-hydroxylation sites is 1. The number of urea groups is 1. The van der Waals surface area contributed by atoms with Crippen LogP contribution < -0.4 is 20.9 Å². The number of furan rings is 1. The number of carbonyl (C=O) groups excluding carboxylic acids is 2. The van der Waals surface area contributed by atoms with Crippen molar-refractivity contribution in [3.63, 3.8) is 0 Å². The molecule has 0 unspecified atom stereocenters. The standard InChI is InChI=1S/C21H25N5O5/c1-14(2)19-23-18(31-26-19)9-6-12-22-21(28)25-24-20(27)17-11-10-16(30-17)13-29-15-7-4-3-5-8-15/h3-5,7-8,10-11,14H,6,9,12-13H2,1-2H3,(H,24,27)(H2,22,25,28). The minimum Gasteiger partial charge on any atom is -0.486 e. The van der Waals surface area contributed by atoms with Gasteiger partial charge in [0, 0.05) is 18.9 Å².